The van der Waals surface area contributed by atoms with Crippen molar-refractivity contribution in [3.8, 4) is 0 Å². The molecule has 0 aromatic carbocycles. The lowest BCUT2D eigenvalue weighted by atomic mass is 9.34. The summed E-state index contributed by atoms with van der Waals surface area (Å²) in [6.45, 7) is 12.3. The van der Waals surface area contributed by atoms with Crippen LogP contribution in [0.4, 0.5) is 0 Å². The molecular formula is C45H68O18. The number of ether oxygens (including phenoxy) is 6. The molecule has 63 heavy (non-hydrogen) atoms. The van der Waals surface area contributed by atoms with E-state index in [9.17, 15) is 60.7 Å². The third kappa shape index (κ3) is 7.28. The van der Waals surface area contributed by atoms with Gasteiger partial charge in [-0.3, -0.25) is 4.79 Å². The molecule has 0 aromatic rings. The number of hydrogen-bond acceptors (Lipinski definition) is 16. The first-order valence-corrected chi connectivity index (χ1v) is 22.6. The zero-order valence-electron chi connectivity index (χ0n) is 36.5. The van der Waals surface area contributed by atoms with Crippen LogP contribution < -0.4 is 0 Å². The van der Waals surface area contributed by atoms with Crippen molar-refractivity contribution in [1.29, 1.82) is 0 Å². The van der Waals surface area contributed by atoms with Crippen molar-refractivity contribution in [1.82, 2.24) is 0 Å². The maximum absolute atomic E-state index is 13.0. The second-order valence-corrected chi connectivity index (χ2v) is 21.0. The highest BCUT2D eigenvalue weighted by molar-refractivity contribution is 5.77. The number of rotatable bonds is 9. The third-order valence-corrected chi connectivity index (χ3v) is 18.1. The smallest absolute Gasteiger partial charge is 0.335 e. The zero-order chi connectivity index (χ0) is 45.8. The summed E-state index contributed by atoms with van der Waals surface area (Å²) in [5, 5.41) is 106. The van der Waals surface area contributed by atoms with Crippen LogP contribution in [0.3, 0.4) is 0 Å². The summed E-state index contributed by atoms with van der Waals surface area (Å²) < 4.78 is 35.6. The first kappa shape index (κ1) is 47.4. The normalized spacial score (nSPS) is 53.6. The molecule has 3 saturated heterocycles. The topological polar surface area (TPSA) is 292 Å². The highest BCUT2D eigenvalue weighted by atomic mass is 16.8. The molecule has 0 spiro atoms. The fraction of sp³-hybridized carbons (Fsp3) is 0.867. The molecule has 18 nitrogen and oxygen atoms in total. The van der Waals surface area contributed by atoms with Gasteiger partial charge in [0.05, 0.1) is 31.3 Å². The summed E-state index contributed by atoms with van der Waals surface area (Å²) in [6, 6.07) is 0. The van der Waals surface area contributed by atoms with Gasteiger partial charge in [0.15, 0.2) is 25.0 Å². The van der Waals surface area contributed by atoms with Crippen LogP contribution in [0.15, 0.2) is 23.8 Å². The van der Waals surface area contributed by atoms with Gasteiger partial charge < -0.3 is 79.5 Å². The average molecular weight is 897 g/mol. The van der Waals surface area contributed by atoms with Crippen molar-refractivity contribution in [2.75, 3.05) is 19.8 Å². The van der Waals surface area contributed by atoms with Crippen LogP contribution in [-0.2, 0) is 38.0 Å². The Morgan fingerprint density at radius 1 is 0.762 bits per heavy atom. The Morgan fingerprint density at radius 2 is 1.46 bits per heavy atom. The molecule has 8 aliphatic rings. The molecule has 3 heterocycles. The lowest BCUT2D eigenvalue weighted by Crippen LogP contribution is -2.67. The molecular weight excluding hydrogens is 828 g/mol. The van der Waals surface area contributed by atoms with Gasteiger partial charge in [-0.25, -0.2) is 4.79 Å². The van der Waals surface area contributed by atoms with E-state index in [0.717, 1.165) is 37.7 Å². The van der Waals surface area contributed by atoms with Gasteiger partial charge >= 0.3 is 11.9 Å². The standard InChI is InChI=1S/C45H68O18/c1-20-8-13-45(40(56)57)15-14-43(4)21(22(45)16-20)6-7-26-41(2)11-10-27(42(3,19-46)25(41)9-12-44(26,43)5)61-39-35(63-37-32(52)28(48)23(47)17-58-37)29(49)24(18-59-39)60-38-33(53)30(50)31(51)34(62-38)36(54)55/h6,22-35,37-39,46-53H,1,7-19H2,2-5H3,(H,54,55)(H,56,57)/t22-,23-,24-,25+,26+,27-,28-,29-,30-,31-,32+,33+,34-,35+,37-,38+,39-,41-,42-,43+,44+,45-/m0/s1. The number of aliphatic hydroxyl groups is 8. The van der Waals surface area contributed by atoms with E-state index in [2.05, 4.69) is 33.4 Å². The number of hydrogen-bond donors (Lipinski definition) is 10. The van der Waals surface area contributed by atoms with Crippen LogP contribution in [0.25, 0.3) is 0 Å². The minimum atomic E-state index is -1.99. The summed E-state index contributed by atoms with van der Waals surface area (Å²) in [7, 11) is 0. The van der Waals surface area contributed by atoms with E-state index in [0.29, 0.717) is 32.1 Å². The summed E-state index contributed by atoms with van der Waals surface area (Å²) in [5.74, 6) is -2.27. The van der Waals surface area contributed by atoms with Gasteiger partial charge in [0.2, 0.25) is 0 Å². The van der Waals surface area contributed by atoms with E-state index in [4.69, 9.17) is 28.4 Å². The Labute approximate surface area is 366 Å². The van der Waals surface area contributed by atoms with Crippen LogP contribution in [0.1, 0.15) is 91.9 Å². The van der Waals surface area contributed by atoms with Gasteiger partial charge in [-0.1, -0.05) is 51.5 Å². The van der Waals surface area contributed by atoms with Crippen molar-refractivity contribution in [3.63, 3.8) is 0 Å². The van der Waals surface area contributed by atoms with Crippen molar-refractivity contribution >= 4 is 11.9 Å². The van der Waals surface area contributed by atoms with E-state index in [1.807, 2.05) is 6.92 Å². The molecule has 10 N–H and O–H groups in total. The fourth-order valence-corrected chi connectivity index (χ4v) is 14.1. The van der Waals surface area contributed by atoms with Crippen LogP contribution in [0.2, 0.25) is 0 Å². The van der Waals surface area contributed by atoms with E-state index >= 15 is 0 Å². The SMILES string of the molecule is C=C1CC[C@]2(C(=O)O)CC[C@]3(C)C(=CC[C@@H]4[C@@]5(C)CC[C@H](O[C@@H]6OC[C@H](O[C@@H]7O[C@H](C(=O)O)[C@@H](O)[C@H](O)[C@H]7O)[C@H](O)[C@H]6O[C@@H]6OC[C@H](O)[C@H](O)[C@H]6O)[C@@](C)(CO)[C@@H]5CC[C@]43C)[C@@H]2C1. The molecule has 0 unspecified atom stereocenters. The fourth-order valence-electron chi connectivity index (χ4n) is 14.1. The number of carboxylic acid groups (broad SMARTS) is 2. The van der Waals surface area contributed by atoms with Gasteiger partial charge in [-0.15, -0.1) is 0 Å². The zero-order valence-corrected chi connectivity index (χ0v) is 36.5. The maximum atomic E-state index is 13.0. The van der Waals surface area contributed by atoms with Crippen LogP contribution in [-0.4, -0.2) is 169 Å². The summed E-state index contributed by atoms with van der Waals surface area (Å²) in [6.07, 6.45) is -13.6. The second kappa shape index (κ2) is 16.9. The van der Waals surface area contributed by atoms with E-state index in [1.54, 1.807) is 0 Å². The lowest BCUT2D eigenvalue weighted by molar-refractivity contribution is -0.375. The summed E-state index contributed by atoms with van der Waals surface area (Å²) in [4.78, 5) is 24.8. The van der Waals surface area contributed by atoms with Crippen molar-refractivity contribution in [3.05, 3.63) is 23.8 Å². The molecule has 7 fully saturated rings. The predicted octanol–water partition coefficient (Wildman–Crippen LogP) is 0.579. The Bertz CT molecular complexity index is 1790. The molecule has 22 atom stereocenters. The predicted molar refractivity (Wildman–Crippen MR) is 216 cm³/mol. The van der Waals surface area contributed by atoms with E-state index < -0.39 is 122 Å². The molecule has 0 amide bonds. The lowest BCUT2D eigenvalue weighted by Gasteiger charge is -2.71. The Kier molecular flexibility index (Phi) is 12.7. The summed E-state index contributed by atoms with van der Waals surface area (Å²) in [5.41, 5.74) is 0.0947. The molecule has 0 radical (unpaired) electrons. The minimum absolute atomic E-state index is 0.0421. The van der Waals surface area contributed by atoms with Gasteiger partial charge in [0.1, 0.15) is 54.9 Å². The number of carbonyl (C=O) groups is 2. The average Bonchev–Trinajstić information content (AvgIpc) is 3.24. The highest BCUT2D eigenvalue weighted by Gasteiger charge is 2.70. The second-order valence-electron chi connectivity index (χ2n) is 21.0. The summed E-state index contributed by atoms with van der Waals surface area (Å²) >= 11 is 0. The van der Waals surface area contributed by atoms with Crippen molar-refractivity contribution < 1.29 is 89.1 Å². The van der Waals surface area contributed by atoms with Crippen molar-refractivity contribution in [2.45, 2.75) is 178 Å². The third-order valence-electron chi connectivity index (χ3n) is 18.1. The quantitative estimate of drug-likeness (QED) is 0.112. The Hall–Kier alpha value is -2.14. The van der Waals surface area contributed by atoms with Gasteiger partial charge in [-0.2, -0.15) is 0 Å². The molecule has 8 rings (SSSR count). The highest BCUT2D eigenvalue weighted by Crippen LogP contribution is 2.75. The number of carboxylic acids is 2. The molecule has 356 valence electrons. The number of aliphatic hydroxyl groups excluding tert-OH is 8. The van der Waals surface area contributed by atoms with E-state index in [1.165, 1.54) is 5.57 Å². The number of fused-ring (bicyclic) bond motifs is 7. The first-order chi connectivity index (χ1) is 29.6. The Morgan fingerprint density at radius 3 is 2.14 bits per heavy atom. The van der Waals surface area contributed by atoms with Gasteiger partial charge in [0.25, 0.3) is 0 Å². The molecule has 5 aliphatic carbocycles. The molecule has 3 aliphatic heterocycles. The van der Waals surface area contributed by atoms with Crippen LogP contribution >= 0.6 is 0 Å². The monoisotopic (exact) mass is 896 g/mol. The minimum Gasteiger partial charge on any atom is -0.481 e. The maximum Gasteiger partial charge on any atom is 0.335 e. The largest absolute Gasteiger partial charge is 0.481 e. The number of allylic oxidation sites excluding steroid dienone is 3. The van der Waals surface area contributed by atoms with Crippen molar-refractivity contribution in [2.24, 2.45) is 44.8 Å². The molecule has 4 saturated carbocycles. The van der Waals surface area contributed by atoms with Crippen LogP contribution in [0, 0.1) is 44.8 Å². The first-order valence-electron chi connectivity index (χ1n) is 22.6. The van der Waals surface area contributed by atoms with Crippen LogP contribution in [0.5, 0.6) is 0 Å². The van der Waals surface area contributed by atoms with E-state index in [-0.39, 0.29) is 40.6 Å². The molecule has 18 heteroatoms. The molecule has 0 bridgehead atoms. The number of aliphatic carboxylic acids is 2. The van der Waals surface area contributed by atoms with Gasteiger partial charge in [0, 0.05) is 11.3 Å². The molecule has 0 aromatic heterocycles. The van der Waals surface area contributed by atoms with Gasteiger partial charge in [-0.05, 0) is 92.3 Å². The Balaban J connectivity index is 1.05.